The Bertz CT molecular complexity index is 674. The van der Waals surface area contributed by atoms with Crippen molar-refractivity contribution in [1.29, 1.82) is 0 Å². The highest BCUT2D eigenvalue weighted by Crippen LogP contribution is 2.40. The molecule has 0 spiro atoms. The number of hydrogen-bond donors (Lipinski definition) is 3. The summed E-state index contributed by atoms with van der Waals surface area (Å²) in [4.78, 5) is 34.4. The van der Waals surface area contributed by atoms with E-state index in [1.165, 1.54) is 21.1 Å². The smallest absolute Gasteiger partial charge is 0.317 e. The summed E-state index contributed by atoms with van der Waals surface area (Å²) in [5.41, 5.74) is 0.948. The van der Waals surface area contributed by atoms with Gasteiger partial charge in [0.05, 0.1) is 26.8 Å². The predicted octanol–water partition coefficient (Wildman–Crippen LogP) is 0.303. The number of esters is 1. The number of carbonyl (C=O) groups is 3. The standard InChI is InChI=1S/C15H18N2O7/c1-7(18)24-14-13(16-6-12(19)20)8-4-10(22-2)11(23-3)5-9(8)17-15(14)21/h4-5,13-14,16H,6H2,1-3H3,(H,17,21)(H,19,20). The molecule has 1 aromatic carbocycles. The molecule has 0 saturated carbocycles. The lowest BCUT2D eigenvalue weighted by molar-refractivity contribution is -0.154. The lowest BCUT2D eigenvalue weighted by Gasteiger charge is -2.33. The third-order valence-electron chi connectivity index (χ3n) is 3.48. The van der Waals surface area contributed by atoms with Crippen LogP contribution in [0.5, 0.6) is 11.5 Å². The van der Waals surface area contributed by atoms with Gasteiger partial charge in [-0.15, -0.1) is 0 Å². The van der Waals surface area contributed by atoms with Crippen LogP contribution in [-0.2, 0) is 19.1 Å². The number of carboxylic acids is 1. The van der Waals surface area contributed by atoms with E-state index in [0.29, 0.717) is 22.7 Å². The quantitative estimate of drug-likeness (QED) is 0.633. The van der Waals surface area contributed by atoms with Gasteiger partial charge >= 0.3 is 11.9 Å². The SMILES string of the molecule is COc1cc2c(cc1OC)C(NCC(=O)O)C(OC(C)=O)C(=O)N2. The van der Waals surface area contributed by atoms with Crippen molar-refractivity contribution < 1.29 is 33.7 Å². The maximum atomic E-state index is 12.3. The second-order valence-corrected chi connectivity index (χ2v) is 5.07. The Labute approximate surface area is 137 Å². The van der Waals surface area contributed by atoms with Gasteiger partial charge in [0, 0.05) is 24.2 Å². The van der Waals surface area contributed by atoms with Crippen LogP contribution >= 0.6 is 0 Å². The third-order valence-corrected chi connectivity index (χ3v) is 3.48. The van der Waals surface area contributed by atoms with E-state index in [1.807, 2.05) is 0 Å². The summed E-state index contributed by atoms with van der Waals surface area (Å²) in [6.07, 6.45) is -1.20. The van der Waals surface area contributed by atoms with E-state index in [4.69, 9.17) is 19.3 Å². The van der Waals surface area contributed by atoms with Crippen LogP contribution in [0.3, 0.4) is 0 Å². The molecule has 24 heavy (non-hydrogen) atoms. The zero-order valence-electron chi connectivity index (χ0n) is 13.4. The van der Waals surface area contributed by atoms with Gasteiger partial charge in [0.1, 0.15) is 0 Å². The third kappa shape index (κ3) is 3.57. The first-order chi connectivity index (χ1) is 11.4. The van der Waals surface area contributed by atoms with Crippen LogP contribution < -0.4 is 20.1 Å². The van der Waals surface area contributed by atoms with Crippen molar-refractivity contribution >= 4 is 23.5 Å². The van der Waals surface area contributed by atoms with E-state index in [1.54, 1.807) is 12.1 Å². The summed E-state index contributed by atoms with van der Waals surface area (Å²) in [7, 11) is 2.91. The van der Waals surface area contributed by atoms with Crippen molar-refractivity contribution in [2.75, 3.05) is 26.1 Å². The molecule has 1 amide bonds. The summed E-state index contributed by atoms with van der Waals surface area (Å²) >= 11 is 0. The second-order valence-electron chi connectivity index (χ2n) is 5.07. The number of methoxy groups -OCH3 is 2. The number of carbonyl (C=O) groups excluding carboxylic acids is 2. The summed E-state index contributed by atoms with van der Waals surface area (Å²) in [5, 5.41) is 14.2. The summed E-state index contributed by atoms with van der Waals surface area (Å²) in [5.74, 6) is -1.52. The maximum absolute atomic E-state index is 12.3. The number of rotatable bonds is 6. The van der Waals surface area contributed by atoms with E-state index >= 15 is 0 Å². The fourth-order valence-corrected chi connectivity index (χ4v) is 2.49. The lowest BCUT2D eigenvalue weighted by Crippen LogP contribution is -2.47. The van der Waals surface area contributed by atoms with Crippen LogP contribution in [0.4, 0.5) is 5.69 Å². The molecule has 0 bridgehead atoms. The first kappa shape index (κ1) is 17.5. The van der Waals surface area contributed by atoms with Gasteiger partial charge in [-0.25, -0.2) is 0 Å². The summed E-state index contributed by atoms with van der Waals surface area (Å²) in [6.45, 7) is 0.759. The van der Waals surface area contributed by atoms with E-state index in [0.717, 1.165) is 0 Å². The minimum absolute atomic E-state index is 0.399. The van der Waals surface area contributed by atoms with Crippen LogP contribution in [0.25, 0.3) is 0 Å². The maximum Gasteiger partial charge on any atom is 0.317 e. The van der Waals surface area contributed by atoms with Gasteiger partial charge in [-0.05, 0) is 6.07 Å². The van der Waals surface area contributed by atoms with Crippen molar-refractivity contribution in [3.05, 3.63) is 17.7 Å². The first-order valence-electron chi connectivity index (χ1n) is 7.06. The minimum atomic E-state index is -1.20. The molecule has 0 aliphatic carbocycles. The number of hydrogen-bond acceptors (Lipinski definition) is 7. The molecule has 0 aromatic heterocycles. The van der Waals surface area contributed by atoms with Gasteiger partial charge in [-0.3, -0.25) is 19.7 Å². The second kappa shape index (κ2) is 7.18. The van der Waals surface area contributed by atoms with Crippen molar-refractivity contribution in [3.8, 4) is 11.5 Å². The number of anilines is 1. The average Bonchev–Trinajstić information content (AvgIpc) is 2.52. The number of benzene rings is 1. The van der Waals surface area contributed by atoms with Crippen LogP contribution in [-0.4, -0.2) is 49.8 Å². The van der Waals surface area contributed by atoms with Crippen LogP contribution in [0.2, 0.25) is 0 Å². The minimum Gasteiger partial charge on any atom is -0.493 e. The summed E-state index contributed by atoms with van der Waals surface area (Å²) < 4.78 is 15.5. The van der Waals surface area contributed by atoms with Crippen LogP contribution in [0.1, 0.15) is 18.5 Å². The molecule has 0 radical (unpaired) electrons. The van der Waals surface area contributed by atoms with Crippen LogP contribution in [0.15, 0.2) is 12.1 Å². The van der Waals surface area contributed by atoms with Crippen LogP contribution in [0, 0.1) is 0 Å². The molecule has 1 aliphatic rings. The fourth-order valence-electron chi connectivity index (χ4n) is 2.49. The van der Waals surface area contributed by atoms with E-state index in [-0.39, 0.29) is 0 Å². The molecule has 0 saturated heterocycles. The Kier molecular flexibility index (Phi) is 5.24. The zero-order valence-corrected chi connectivity index (χ0v) is 13.4. The zero-order chi connectivity index (χ0) is 17.9. The van der Waals surface area contributed by atoms with Crippen molar-refractivity contribution in [2.45, 2.75) is 19.1 Å². The molecule has 3 N–H and O–H groups in total. The molecule has 1 aromatic rings. The number of fused-ring (bicyclic) bond motifs is 1. The van der Waals surface area contributed by atoms with Gasteiger partial charge in [-0.1, -0.05) is 0 Å². The van der Waals surface area contributed by atoms with Gasteiger partial charge in [-0.2, -0.15) is 0 Å². The topological polar surface area (TPSA) is 123 Å². The number of nitrogens with one attached hydrogen (secondary N) is 2. The fraction of sp³-hybridized carbons (Fsp3) is 0.400. The number of aliphatic carboxylic acids is 1. The highest BCUT2D eigenvalue weighted by atomic mass is 16.5. The molecule has 0 fully saturated rings. The highest BCUT2D eigenvalue weighted by molar-refractivity contribution is 5.99. The summed E-state index contributed by atoms with van der Waals surface area (Å²) in [6, 6.07) is 2.32. The Morgan fingerprint density at radius 2 is 1.88 bits per heavy atom. The Morgan fingerprint density at radius 1 is 1.25 bits per heavy atom. The number of amides is 1. The Morgan fingerprint density at radius 3 is 2.42 bits per heavy atom. The van der Waals surface area contributed by atoms with Crippen molar-refractivity contribution in [1.82, 2.24) is 5.32 Å². The van der Waals surface area contributed by atoms with E-state index < -0.39 is 36.5 Å². The van der Waals surface area contributed by atoms with Crippen molar-refractivity contribution in [3.63, 3.8) is 0 Å². The van der Waals surface area contributed by atoms with E-state index in [9.17, 15) is 14.4 Å². The molecule has 9 heteroatoms. The predicted molar refractivity (Wildman–Crippen MR) is 82.1 cm³/mol. The molecule has 130 valence electrons. The molecule has 2 unspecified atom stereocenters. The number of carboxylic acid groups (broad SMARTS) is 1. The molecule has 1 aliphatic heterocycles. The molecular weight excluding hydrogens is 320 g/mol. The normalized spacial score (nSPS) is 19.0. The first-order valence-corrected chi connectivity index (χ1v) is 7.06. The lowest BCUT2D eigenvalue weighted by atomic mass is 9.94. The van der Waals surface area contributed by atoms with E-state index in [2.05, 4.69) is 10.6 Å². The van der Waals surface area contributed by atoms with Gasteiger partial charge in [0.15, 0.2) is 17.6 Å². The Hall–Kier alpha value is -2.81. The molecule has 9 nitrogen and oxygen atoms in total. The molecule has 2 atom stereocenters. The number of ether oxygens (including phenoxy) is 3. The molecular formula is C15H18N2O7. The average molecular weight is 338 g/mol. The molecule has 2 rings (SSSR count). The van der Waals surface area contributed by atoms with Gasteiger partial charge in [0.25, 0.3) is 5.91 Å². The van der Waals surface area contributed by atoms with Gasteiger partial charge in [0.2, 0.25) is 0 Å². The highest BCUT2D eigenvalue weighted by Gasteiger charge is 2.39. The van der Waals surface area contributed by atoms with Crippen molar-refractivity contribution in [2.24, 2.45) is 0 Å². The largest absolute Gasteiger partial charge is 0.493 e. The molecule has 1 heterocycles. The monoisotopic (exact) mass is 338 g/mol. The van der Waals surface area contributed by atoms with Gasteiger partial charge < -0.3 is 24.6 Å². The Balaban J connectivity index is 2.49.